The third-order valence-corrected chi connectivity index (χ3v) is 4.68. The van der Waals surface area contributed by atoms with Gasteiger partial charge in [0.15, 0.2) is 6.61 Å². The Balaban J connectivity index is 1.91. The number of carbonyl (C=O) groups is 3. The lowest BCUT2D eigenvalue weighted by Crippen LogP contribution is -2.43. The molecule has 30 heavy (non-hydrogen) atoms. The van der Waals surface area contributed by atoms with Crippen LogP contribution in [0.25, 0.3) is 0 Å². The molecule has 160 valence electrons. The van der Waals surface area contributed by atoms with E-state index < -0.39 is 30.4 Å². The molecule has 0 saturated heterocycles. The van der Waals surface area contributed by atoms with Gasteiger partial charge in [0.25, 0.3) is 11.8 Å². The predicted molar refractivity (Wildman–Crippen MR) is 116 cm³/mol. The average Bonchev–Trinajstić information content (AvgIpc) is 2.72. The van der Waals surface area contributed by atoms with Gasteiger partial charge in [-0.25, -0.2) is 4.79 Å². The first-order chi connectivity index (χ1) is 14.3. The molecular formula is C23H27ClN2O4. The first-order valence-electron chi connectivity index (χ1n) is 9.83. The molecule has 0 aromatic heterocycles. The molecule has 6 nitrogen and oxygen atoms in total. The van der Waals surface area contributed by atoms with Gasteiger partial charge >= 0.3 is 5.97 Å². The molecule has 0 heterocycles. The van der Waals surface area contributed by atoms with Crippen molar-refractivity contribution in [1.29, 1.82) is 0 Å². The molecule has 2 rings (SSSR count). The molecule has 2 aromatic carbocycles. The van der Waals surface area contributed by atoms with Crippen LogP contribution in [0, 0.1) is 5.92 Å². The molecule has 2 atom stereocenters. The number of amides is 2. The molecule has 0 aliphatic heterocycles. The highest BCUT2D eigenvalue weighted by Crippen LogP contribution is 2.13. The zero-order valence-corrected chi connectivity index (χ0v) is 18.1. The molecule has 2 amide bonds. The van der Waals surface area contributed by atoms with Gasteiger partial charge < -0.3 is 15.4 Å². The molecule has 0 saturated carbocycles. The summed E-state index contributed by atoms with van der Waals surface area (Å²) >= 11 is 5.84. The van der Waals surface area contributed by atoms with Gasteiger partial charge in [-0.1, -0.05) is 55.8 Å². The van der Waals surface area contributed by atoms with E-state index in [1.165, 1.54) is 0 Å². The third-order valence-electron chi connectivity index (χ3n) is 4.43. The van der Waals surface area contributed by atoms with Gasteiger partial charge in [0.2, 0.25) is 0 Å². The molecular weight excluding hydrogens is 404 g/mol. The number of rotatable bonds is 9. The van der Waals surface area contributed by atoms with Gasteiger partial charge in [0.1, 0.15) is 6.04 Å². The average molecular weight is 431 g/mol. The first-order valence-corrected chi connectivity index (χ1v) is 10.2. The van der Waals surface area contributed by atoms with Crippen molar-refractivity contribution in [2.75, 3.05) is 6.61 Å². The number of hydrogen-bond donors (Lipinski definition) is 2. The second kappa shape index (κ2) is 11.4. The Labute approximate surface area is 182 Å². The molecule has 2 N–H and O–H groups in total. The maximum absolute atomic E-state index is 12.5. The van der Waals surface area contributed by atoms with E-state index >= 15 is 0 Å². The van der Waals surface area contributed by atoms with Crippen molar-refractivity contribution >= 4 is 29.4 Å². The summed E-state index contributed by atoms with van der Waals surface area (Å²) in [5.41, 5.74) is 1.33. The van der Waals surface area contributed by atoms with Gasteiger partial charge in [-0.15, -0.1) is 0 Å². The van der Waals surface area contributed by atoms with E-state index in [2.05, 4.69) is 10.6 Å². The Morgan fingerprint density at radius 2 is 1.57 bits per heavy atom. The van der Waals surface area contributed by atoms with Crippen LogP contribution in [0.4, 0.5) is 0 Å². The van der Waals surface area contributed by atoms with Crippen molar-refractivity contribution < 1.29 is 19.1 Å². The summed E-state index contributed by atoms with van der Waals surface area (Å²) in [6.07, 6.45) is 0.389. The van der Waals surface area contributed by atoms with Crippen molar-refractivity contribution in [3.05, 3.63) is 70.7 Å². The van der Waals surface area contributed by atoms with Crippen LogP contribution in [0.15, 0.2) is 54.6 Å². The molecule has 2 aromatic rings. The standard InChI is InChI=1S/C23H27ClN2O4/c1-15(2)13-20(26-22(28)18-9-11-19(24)12-10-18)23(29)30-14-21(27)25-16(3)17-7-5-4-6-8-17/h4-12,15-16,20H,13-14H2,1-3H3,(H,25,27)(H,26,28)/t16-,20-/m0/s1. The van der Waals surface area contributed by atoms with Gasteiger partial charge in [0, 0.05) is 10.6 Å². The summed E-state index contributed by atoms with van der Waals surface area (Å²) in [4.78, 5) is 37.1. The summed E-state index contributed by atoms with van der Waals surface area (Å²) in [6.45, 7) is 5.30. The third kappa shape index (κ3) is 7.52. The minimum Gasteiger partial charge on any atom is -0.454 e. The Kier molecular flexibility index (Phi) is 8.87. The number of nitrogens with one attached hydrogen (secondary N) is 2. The highest BCUT2D eigenvalue weighted by atomic mass is 35.5. The second-order valence-electron chi connectivity index (χ2n) is 7.47. The summed E-state index contributed by atoms with van der Waals surface area (Å²) in [5.74, 6) is -1.32. The topological polar surface area (TPSA) is 84.5 Å². The molecule has 0 fully saturated rings. The van der Waals surface area contributed by atoms with Gasteiger partial charge in [-0.2, -0.15) is 0 Å². The second-order valence-corrected chi connectivity index (χ2v) is 7.91. The molecule has 0 spiro atoms. The predicted octanol–water partition coefficient (Wildman–Crippen LogP) is 3.91. The van der Waals surface area contributed by atoms with E-state index in [-0.39, 0.29) is 12.0 Å². The van der Waals surface area contributed by atoms with Crippen LogP contribution >= 0.6 is 11.6 Å². The molecule has 0 unspecified atom stereocenters. The van der Waals surface area contributed by atoms with E-state index in [1.807, 2.05) is 51.1 Å². The zero-order chi connectivity index (χ0) is 22.1. The van der Waals surface area contributed by atoms with Crippen LogP contribution < -0.4 is 10.6 Å². The van der Waals surface area contributed by atoms with E-state index in [1.54, 1.807) is 24.3 Å². The molecule has 0 bridgehead atoms. The Hall–Kier alpha value is -2.86. The van der Waals surface area contributed by atoms with Crippen molar-refractivity contribution in [1.82, 2.24) is 10.6 Å². The number of ether oxygens (including phenoxy) is 1. The van der Waals surface area contributed by atoms with Crippen molar-refractivity contribution in [2.45, 2.75) is 39.3 Å². The Morgan fingerprint density at radius 1 is 0.933 bits per heavy atom. The monoisotopic (exact) mass is 430 g/mol. The normalized spacial score (nSPS) is 12.7. The van der Waals surface area contributed by atoms with Crippen LogP contribution in [-0.4, -0.2) is 30.4 Å². The number of carbonyl (C=O) groups excluding carboxylic acids is 3. The SMILES string of the molecule is CC(C)C[C@H](NC(=O)c1ccc(Cl)cc1)C(=O)OCC(=O)N[C@@H](C)c1ccccc1. The number of halogens is 1. The van der Waals surface area contributed by atoms with E-state index in [9.17, 15) is 14.4 Å². The zero-order valence-electron chi connectivity index (χ0n) is 17.4. The van der Waals surface area contributed by atoms with Gasteiger partial charge in [-0.3, -0.25) is 9.59 Å². The van der Waals surface area contributed by atoms with Crippen molar-refractivity contribution in [2.24, 2.45) is 5.92 Å². The fourth-order valence-corrected chi connectivity index (χ4v) is 3.00. The first kappa shape index (κ1) is 23.4. The minimum atomic E-state index is -0.854. The van der Waals surface area contributed by atoms with E-state index in [0.29, 0.717) is 17.0 Å². The van der Waals surface area contributed by atoms with Crippen LogP contribution in [0.1, 0.15) is 49.2 Å². The van der Waals surface area contributed by atoms with Crippen LogP contribution in [0.5, 0.6) is 0 Å². The molecule has 0 radical (unpaired) electrons. The summed E-state index contributed by atoms with van der Waals surface area (Å²) in [7, 11) is 0. The fourth-order valence-electron chi connectivity index (χ4n) is 2.87. The van der Waals surface area contributed by atoms with Crippen molar-refractivity contribution in [3.8, 4) is 0 Å². The summed E-state index contributed by atoms with van der Waals surface area (Å²) < 4.78 is 5.17. The highest BCUT2D eigenvalue weighted by Gasteiger charge is 2.25. The van der Waals surface area contributed by atoms with Crippen LogP contribution in [-0.2, 0) is 14.3 Å². The number of esters is 1. The lowest BCUT2D eigenvalue weighted by atomic mass is 10.0. The summed E-state index contributed by atoms with van der Waals surface area (Å²) in [6, 6.07) is 14.8. The van der Waals surface area contributed by atoms with E-state index in [0.717, 1.165) is 5.56 Å². The van der Waals surface area contributed by atoms with Gasteiger partial charge in [-0.05, 0) is 49.1 Å². The lowest BCUT2D eigenvalue weighted by molar-refractivity contribution is -0.150. The maximum Gasteiger partial charge on any atom is 0.329 e. The number of benzene rings is 2. The molecule has 0 aliphatic rings. The van der Waals surface area contributed by atoms with Gasteiger partial charge in [0.05, 0.1) is 6.04 Å². The summed E-state index contributed by atoms with van der Waals surface area (Å²) in [5, 5.41) is 5.99. The minimum absolute atomic E-state index is 0.139. The van der Waals surface area contributed by atoms with Crippen LogP contribution in [0.3, 0.4) is 0 Å². The number of hydrogen-bond acceptors (Lipinski definition) is 4. The Bertz CT molecular complexity index is 853. The van der Waals surface area contributed by atoms with Crippen LogP contribution in [0.2, 0.25) is 5.02 Å². The largest absolute Gasteiger partial charge is 0.454 e. The molecule has 7 heteroatoms. The maximum atomic E-state index is 12.5. The highest BCUT2D eigenvalue weighted by molar-refractivity contribution is 6.30. The fraction of sp³-hybridized carbons (Fsp3) is 0.348. The quantitative estimate of drug-likeness (QED) is 0.591. The molecule has 0 aliphatic carbocycles. The smallest absolute Gasteiger partial charge is 0.329 e. The van der Waals surface area contributed by atoms with Crippen molar-refractivity contribution in [3.63, 3.8) is 0 Å². The lowest BCUT2D eigenvalue weighted by Gasteiger charge is -2.20. The van der Waals surface area contributed by atoms with E-state index in [4.69, 9.17) is 16.3 Å². The Morgan fingerprint density at radius 3 is 2.17 bits per heavy atom.